The quantitative estimate of drug-likeness (QED) is 0.794. The maximum absolute atomic E-state index is 12.0. The van der Waals surface area contributed by atoms with Crippen LogP contribution in [0.3, 0.4) is 0 Å². The van der Waals surface area contributed by atoms with Crippen LogP contribution in [0.4, 0.5) is 8.78 Å². The highest BCUT2D eigenvalue weighted by Gasteiger charge is 2.11. The molecule has 0 saturated carbocycles. The fourth-order valence-corrected chi connectivity index (χ4v) is 2.09. The molecule has 0 fully saturated rings. The zero-order valence-corrected chi connectivity index (χ0v) is 8.28. The van der Waals surface area contributed by atoms with E-state index in [1.54, 1.807) is 11.6 Å². The monoisotopic (exact) mass is 235 g/mol. The van der Waals surface area contributed by atoms with Gasteiger partial charge in [-0.3, -0.25) is 0 Å². The second-order valence-electron chi connectivity index (χ2n) is 2.48. The number of benzene rings is 1. The standard InChI is InChI=1S/C8H4ClF2NOS/c9-4-1-5(13-8(10)11)7-6(2-4)14-3-12-7/h1-3,8H. The van der Waals surface area contributed by atoms with Crippen LogP contribution in [0.2, 0.25) is 5.02 Å². The Morgan fingerprint density at radius 1 is 1.43 bits per heavy atom. The molecule has 0 unspecified atom stereocenters. The summed E-state index contributed by atoms with van der Waals surface area (Å²) in [5, 5.41) is 0.359. The maximum Gasteiger partial charge on any atom is 0.387 e. The molecule has 6 heteroatoms. The van der Waals surface area contributed by atoms with Gasteiger partial charge < -0.3 is 4.74 Å². The summed E-state index contributed by atoms with van der Waals surface area (Å²) in [6, 6.07) is 2.99. The number of thiazole rings is 1. The summed E-state index contributed by atoms with van der Waals surface area (Å²) in [5.74, 6) is 0.0174. The molecule has 0 aliphatic rings. The highest BCUT2D eigenvalue weighted by Crippen LogP contribution is 2.32. The van der Waals surface area contributed by atoms with E-state index >= 15 is 0 Å². The molecule has 0 spiro atoms. The van der Waals surface area contributed by atoms with Crippen molar-refractivity contribution in [1.29, 1.82) is 0 Å². The SMILES string of the molecule is FC(F)Oc1cc(Cl)cc2scnc12. The number of nitrogens with zero attached hydrogens (tertiary/aromatic N) is 1. The topological polar surface area (TPSA) is 22.1 Å². The number of rotatable bonds is 2. The van der Waals surface area contributed by atoms with Gasteiger partial charge in [-0.05, 0) is 6.07 Å². The molecule has 0 aliphatic heterocycles. The molecular formula is C8H4ClF2NOS. The Bertz CT molecular complexity index is 460. The Morgan fingerprint density at radius 2 is 2.21 bits per heavy atom. The molecule has 1 aromatic heterocycles. The van der Waals surface area contributed by atoms with E-state index in [2.05, 4.69) is 9.72 Å². The predicted octanol–water partition coefficient (Wildman–Crippen LogP) is 3.55. The second kappa shape index (κ2) is 3.67. The zero-order chi connectivity index (χ0) is 10.1. The molecule has 2 nitrogen and oxygen atoms in total. The van der Waals surface area contributed by atoms with Crippen molar-refractivity contribution in [1.82, 2.24) is 4.98 Å². The Hall–Kier alpha value is -0.940. The Labute approximate surface area is 87.1 Å². The number of ether oxygens (including phenoxy) is 1. The second-order valence-corrected chi connectivity index (χ2v) is 3.80. The zero-order valence-electron chi connectivity index (χ0n) is 6.71. The third-order valence-corrected chi connectivity index (χ3v) is 2.58. The first-order valence-corrected chi connectivity index (χ1v) is 4.90. The summed E-state index contributed by atoms with van der Waals surface area (Å²) < 4.78 is 29.0. The molecule has 74 valence electrons. The van der Waals surface area contributed by atoms with E-state index in [9.17, 15) is 8.78 Å². The van der Waals surface area contributed by atoms with Crippen molar-refractivity contribution in [2.24, 2.45) is 0 Å². The normalized spacial score (nSPS) is 11.1. The van der Waals surface area contributed by atoms with Crippen molar-refractivity contribution in [3.05, 3.63) is 22.7 Å². The fourth-order valence-electron chi connectivity index (χ4n) is 1.09. The summed E-state index contributed by atoms with van der Waals surface area (Å²) in [7, 11) is 0. The molecule has 0 aliphatic carbocycles. The number of alkyl halides is 2. The maximum atomic E-state index is 12.0. The highest BCUT2D eigenvalue weighted by atomic mass is 35.5. The average Bonchev–Trinajstić information content (AvgIpc) is 2.50. The third kappa shape index (κ3) is 1.78. The van der Waals surface area contributed by atoms with E-state index in [0.29, 0.717) is 10.5 Å². The lowest BCUT2D eigenvalue weighted by Crippen LogP contribution is -2.02. The van der Waals surface area contributed by atoms with E-state index in [4.69, 9.17) is 11.6 Å². The Balaban J connectivity index is 2.55. The van der Waals surface area contributed by atoms with Gasteiger partial charge >= 0.3 is 6.61 Å². The smallest absolute Gasteiger partial charge is 0.387 e. The van der Waals surface area contributed by atoms with Crippen molar-refractivity contribution < 1.29 is 13.5 Å². The molecule has 0 saturated heterocycles. The van der Waals surface area contributed by atoms with Gasteiger partial charge in [0.2, 0.25) is 0 Å². The van der Waals surface area contributed by atoms with Crippen molar-refractivity contribution in [2.45, 2.75) is 6.61 Å². The molecule has 1 aromatic carbocycles. The largest absolute Gasteiger partial charge is 0.432 e. The fraction of sp³-hybridized carbons (Fsp3) is 0.125. The lowest BCUT2D eigenvalue weighted by molar-refractivity contribution is -0.0488. The van der Waals surface area contributed by atoms with E-state index in [-0.39, 0.29) is 5.75 Å². The van der Waals surface area contributed by atoms with Crippen LogP contribution in [0.5, 0.6) is 5.75 Å². The number of halogens is 3. The van der Waals surface area contributed by atoms with Crippen LogP contribution in [0.15, 0.2) is 17.6 Å². The van der Waals surface area contributed by atoms with Crippen LogP contribution in [-0.4, -0.2) is 11.6 Å². The molecule has 2 aromatic rings. The lowest BCUT2D eigenvalue weighted by atomic mass is 10.3. The van der Waals surface area contributed by atoms with Crippen LogP contribution in [0.25, 0.3) is 10.2 Å². The molecule has 0 radical (unpaired) electrons. The van der Waals surface area contributed by atoms with Crippen molar-refractivity contribution in [2.75, 3.05) is 0 Å². The van der Waals surface area contributed by atoms with Crippen LogP contribution in [-0.2, 0) is 0 Å². The van der Waals surface area contributed by atoms with Gasteiger partial charge in [-0.15, -0.1) is 11.3 Å². The Morgan fingerprint density at radius 3 is 2.93 bits per heavy atom. The number of hydrogen-bond donors (Lipinski definition) is 0. The summed E-state index contributed by atoms with van der Waals surface area (Å²) in [5.41, 5.74) is 1.97. The highest BCUT2D eigenvalue weighted by molar-refractivity contribution is 7.16. The third-order valence-electron chi connectivity index (χ3n) is 1.58. The minimum absolute atomic E-state index is 0.0174. The van der Waals surface area contributed by atoms with Gasteiger partial charge in [0.05, 0.1) is 10.2 Å². The number of fused-ring (bicyclic) bond motifs is 1. The van der Waals surface area contributed by atoms with Gasteiger partial charge in [0.1, 0.15) is 5.52 Å². The van der Waals surface area contributed by atoms with Crippen LogP contribution < -0.4 is 4.74 Å². The van der Waals surface area contributed by atoms with Crippen molar-refractivity contribution in [3.63, 3.8) is 0 Å². The molecule has 2 rings (SSSR count). The van der Waals surface area contributed by atoms with E-state index in [1.807, 2.05) is 0 Å². The summed E-state index contributed by atoms with van der Waals surface area (Å²) >= 11 is 7.04. The first-order chi connectivity index (χ1) is 6.66. The van der Waals surface area contributed by atoms with Gasteiger partial charge in [0, 0.05) is 11.1 Å². The lowest BCUT2D eigenvalue weighted by Gasteiger charge is -2.04. The van der Waals surface area contributed by atoms with Gasteiger partial charge in [0.15, 0.2) is 5.75 Å². The van der Waals surface area contributed by atoms with Crippen molar-refractivity contribution in [3.8, 4) is 5.75 Å². The minimum Gasteiger partial charge on any atom is -0.432 e. The first-order valence-electron chi connectivity index (χ1n) is 3.64. The van der Waals surface area contributed by atoms with E-state index in [1.165, 1.54) is 17.4 Å². The molecule has 0 N–H and O–H groups in total. The summed E-state index contributed by atoms with van der Waals surface area (Å²) in [6.07, 6.45) is 0. The number of aromatic nitrogens is 1. The Kier molecular flexibility index (Phi) is 2.52. The summed E-state index contributed by atoms with van der Waals surface area (Å²) in [6.45, 7) is -2.86. The summed E-state index contributed by atoms with van der Waals surface area (Å²) in [4.78, 5) is 3.91. The molecule has 0 atom stereocenters. The van der Waals surface area contributed by atoms with Crippen LogP contribution in [0, 0.1) is 0 Å². The van der Waals surface area contributed by atoms with Gasteiger partial charge in [-0.25, -0.2) is 4.98 Å². The molecule has 0 bridgehead atoms. The first kappa shape index (κ1) is 9.61. The molecule has 14 heavy (non-hydrogen) atoms. The minimum atomic E-state index is -2.86. The number of hydrogen-bond acceptors (Lipinski definition) is 3. The molecule has 1 heterocycles. The van der Waals surface area contributed by atoms with Crippen molar-refractivity contribution >= 4 is 33.2 Å². The van der Waals surface area contributed by atoms with Gasteiger partial charge in [-0.1, -0.05) is 11.6 Å². The predicted molar refractivity (Wildman–Crippen MR) is 51.3 cm³/mol. The van der Waals surface area contributed by atoms with E-state index in [0.717, 1.165) is 4.70 Å². The van der Waals surface area contributed by atoms with E-state index < -0.39 is 6.61 Å². The molecule has 0 amide bonds. The van der Waals surface area contributed by atoms with Crippen LogP contribution in [0.1, 0.15) is 0 Å². The average molecular weight is 236 g/mol. The van der Waals surface area contributed by atoms with Gasteiger partial charge in [-0.2, -0.15) is 8.78 Å². The van der Waals surface area contributed by atoms with Gasteiger partial charge in [0.25, 0.3) is 0 Å². The van der Waals surface area contributed by atoms with Crippen LogP contribution >= 0.6 is 22.9 Å². The molecular weight excluding hydrogens is 232 g/mol.